The summed E-state index contributed by atoms with van der Waals surface area (Å²) in [6.07, 6.45) is 0. The summed E-state index contributed by atoms with van der Waals surface area (Å²) in [6.45, 7) is 6.87. The van der Waals surface area contributed by atoms with Crippen LogP contribution in [0.2, 0.25) is 0 Å². The molecule has 1 heterocycles. The SMILES string of the molecule is CCN(CC)CCN1C(=O)C(=O)/C(=C(/O)c2ccc(OC)cc2)[C@H]1c1cccc(Br)c1. The quantitative estimate of drug-likeness (QED) is 0.343. The summed E-state index contributed by atoms with van der Waals surface area (Å²) in [7, 11) is 1.56. The number of Topliss-reactive ketones (excluding diaryl/α,β-unsaturated/α-hetero) is 1. The lowest BCUT2D eigenvalue weighted by molar-refractivity contribution is -0.140. The van der Waals surface area contributed by atoms with E-state index in [0.717, 1.165) is 23.1 Å². The molecule has 31 heavy (non-hydrogen) atoms. The van der Waals surface area contributed by atoms with Crippen molar-refractivity contribution in [2.75, 3.05) is 33.3 Å². The van der Waals surface area contributed by atoms with Crippen LogP contribution in [0.15, 0.2) is 58.6 Å². The Bertz CT molecular complexity index is 983. The molecule has 0 aromatic heterocycles. The molecule has 0 unspecified atom stereocenters. The maximum Gasteiger partial charge on any atom is 0.295 e. The first-order valence-corrected chi connectivity index (χ1v) is 11.1. The fraction of sp³-hybridized carbons (Fsp3) is 0.333. The summed E-state index contributed by atoms with van der Waals surface area (Å²) in [6, 6.07) is 13.6. The van der Waals surface area contributed by atoms with Crippen molar-refractivity contribution in [1.29, 1.82) is 0 Å². The van der Waals surface area contributed by atoms with E-state index in [2.05, 4.69) is 34.7 Å². The molecular formula is C24H27BrN2O4. The highest BCUT2D eigenvalue weighted by molar-refractivity contribution is 9.10. The number of hydrogen-bond donors (Lipinski definition) is 1. The van der Waals surface area contributed by atoms with E-state index in [1.165, 1.54) is 0 Å². The van der Waals surface area contributed by atoms with Crippen molar-refractivity contribution in [1.82, 2.24) is 9.80 Å². The molecule has 0 bridgehead atoms. The third-order valence-corrected chi connectivity index (χ3v) is 6.11. The van der Waals surface area contributed by atoms with E-state index in [0.29, 0.717) is 24.4 Å². The fourth-order valence-electron chi connectivity index (χ4n) is 3.83. The highest BCUT2D eigenvalue weighted by Gasteiger charge is 2.46. The van der Waals surface area contributed by atoms with E-state index in [1.54, 1.807) is 36.3 Å². The molecule has 6 nitrogen and oxygen atoms in total. The molecule has 3 rings (SSSR count). The zero-order chi connectivity index (χ0) is 22.5. The molecule has 2 aromatic carbocycles. The third kappa shape index (κ3) is 4.83. The number of methoxy groups -OCH3 is 1. The molecule has 1 amide bonds. The number of halogens is 1. The van der Waals surface area contributed by atoms with Crippen molar-refractivity contribution in [3.8, 4) is 5.75 Å². The molecule has 1 fully saturated rings. The standard InChI is InChI=1S/C24H27BrN2O4/c1-4-26(5-2)13-14-27-21(17-7-6-8-18(25)15-17)20(23(29)24(27)30)22(28)16-9-11-19(31-3)12-10-16/h6-12,15,21,28H,4-5,13-14H2,1-3H3/b22-20+/t21-/m1/s1. The predicted octanol–water partition coefficient (Wildman–Crippen LogP) is 4.22. The molecule has 1 N–H and O–H groups in total. The van der Waals surface area contributed by atoms with Gasteiger partial charge in [-0.15, -0.1) is 0 Å². The van der Waals surface area contributed by atoms with Gasteiger partial charge in [0.1, 0.15) is 11.5 Å². The summed E-state index contributed by atoms with van der Waals surface area (Å²) in [5.41, 5.74) is 1.33. The van der Waals surface area contributed by atoms with E-state index >= 15 is 0 Å². The predicted molar refractivity (Wildman–Crippen MR) is 124 cm³/mol. The molecule has 2 aromatic rings. The molecule has 0 spiro atoms. The molecule has 1 aliphatic rings. The van der Waals surface area contributed by atoms with Gasteiger partial charge in [-0.25, -0.2) is 0 Å². The van der Waals surface area contributed by atoms with Gasteiger partial charge in [0.15, 0.2) is 0 Å². The van der Waals surface area contributed by atoms with Gasteiger partial charge in [-0.1, -0.05) is 41.9 Å². The second-order valence-corrected chi connectivity index (χ2v) is 8.22. The number of nitrogens with zero attached hydrogens (tertiary/aromatic N) is 2. The van der Waals surface area contributed by atoms with E-state index in [4.69, 9.17) is 4.74 Å². The molecule has 1 atom stereocenters. The second-order valence-electron chi connectivity index (χ2n) is 7.30. The van der Waals surface area contributed by atoms with Crippen LogP contribution in [0.25, 0.3) is 5.76 Å². The van der Waals surface area contributed by atoms with Crippen LogP contribution < -0.4 is 4.74 Å². The van der Waals surface area contributed by atoms with Crippen molar-refractivity contribution < 1.29 is 19.4 Å². The van der Waals surface area contributed by atoms with Crippen LogP contribution in [-0.2, 0) is 9.59 Å². The Hall–Kier alpha value is -2.64. The van der Waals surface area contributed by atoms with Crippen molar-refractivity contribution in [3.63, 3.8) is 0 Å². The lowest BCUT2D eigenvalue weighted by Crippen LogP contribution is -2.38. The van der Waals surface area contributed by atoms with Gasteiger partial charge in [0.2, 0.25) is 0 Å². The smallest absolute Gasteiger partial charge is 0.295 e. The zero-order valence-electron chi connectivity index (χ0n) is 18.0. The Morgan fingerprint density at radius 3 is 2.39 bits per heavy atom. The minimum atomic E-state index is -0.669. The van der Waals surface area contributed by atoms with Crippen molar-refractivity contribution in [2.24, 2.45) is 0 Å². The molecule has 0 radical (unpaired) electrons. The van der Waals surface area contributed by atoms with Gasteiger partial charge in [0.05, 0.1) is 18.7 Å². The Balaban J connectivity index is 2.08. The summed E-state index contributed by atoms with van der Waals surface area (Å²) in [5.74, 6) is -0.805. The van der Waals surface area contributed by atoms with E-state index < -0.39 is 17.7 Å². The van der Waals surface area contributed by atoms with Gasteiger partial charge in [0.25, 0.3) is 11.7 Å². The van der Waals surface area contributed by atoms with Gasteiger partial charge in [-0.2, -0.15) is 0 Å². The minimum absolute atomic E-state index is 0.104. The topological polar surface area (TPSA) is 70.1 Å². The van der Waals surface area contributed by atoms with Gasteiger partial charge in [-0.05, 0) is 55.1 Å². The number of likely N-dealkylation sites (N-methyl/N-ethyl adjacent to an activating group) is 1. The van der Waals surface area contributed by atoms with E-state index in [1.807, 2.05) is 24.3 Å². The first-order chi connectivity index (χ1) is 14.9. The number of aliphatic hydroxyl groups excluding tert-OH is 1. The minimum Gasteiger partial charge on any atom is -0.507 e. The number of carbonyl (C=O) groups is 2. The van der Waals surface area contributed by atoms with E-state index in [-0.39, 0.29) is 11.3 Å². The van der Waals surface area contributed by atoms with E-state index in [9.17, 15) is 14.7 Å². The number of rotatable bonds is 8. The fourth-order valence-corrected chi connectivity index (χ4v) is 4.24. The maximum absolute atomic E-state index is 13.0. The maximum atomic E-state index is 13.0. The number of hydrogen-bond acceptors (Lipinski definition) is 5. The molecular weight excluding hydrogens is 460 g/mol. The monoisotopic (exact) mass is 486 g/mol. The molecule has 0 saturated carbocycles. The second kappa shape index (κ2) is 10.1. The van der Waals surface area contributed by atoms with Crippen molar-refractivity contribution in [3.05, 3.63) is 69.7 Å². The summed E-state index contributed by atoms with van der Waals surface area (Å²) < 4.78 is 6.01. The average molecular weight is 487 g/mol. The number of ketones is 1. The Labute approximate surface area is 191 Å². The number of ether oxygens (including phenoxy) is 1. The zero-order valence-corrected chi connectivity index (χ0v) is 19.6. The average Bonchev–Trinajstić information content (AvgIpc) is 3.04. The van der Waals surface area contributed by atoms with Crippen LogP contribution in [0.1, 0.15) is 31.0 Å². The molecule has 7 heteroatoms. The number of amides is 1. The first-order valence-electron chi connectivity index (χ1n) is 10.3. The lowest BCUT2D eigenvalue weighted by atomic mass is 9.95. The Morgan fingerprint density at radius 1 is 1.13 bits per heavy atom. The Morgan fingerprint density at radius 2 is 1.81 bits per heavy atom. The van der Waals surface area contributed by atoms with Crippen molar-refractivity contribution in [2.45, 2.75) is 19.9 Å². The summed E-state index contributed by atoms with van der Waals surface area (Å²) in [4.78, 5) is 29.8. The highest BCUT2D eigenvalue weighted by atomic mass is 79.9. The Kier molecular flexibility index (Phi) is 7.51. The number of carbonyl (C=O) groups excluding carboxylic acids is 2. The van der Waals surface area contributed by atoms with Gasteiger partial charge >= 0.3 is 0 Å². The molecule has 1 saturated heterocycles. The largest absolute Gasteiger partial charge is 0.507 e. The van der Waals surface area contributed by atoms with Gasteiger partial charge in [-0.3, -0.25) is 9.59 Å². The first kappa shape index (κ1) is 23.0. The normalized spacial score (nSPS) is 18.1. The molecule has 1 aliphatic heterocycles. The molecule has 0 aliphatic carbocycles. The van der Waals surface area contributed by atoms with Crippen LogP contribution >= 0.6 is 15.9 Å². The number of benzene rings is 2. The van der Waals surface area contributed by atoms with Crippen molar-refractivity contribution >= 4 is 33.4 Å². The lowest BCUT2D eigenvalue weighted by Gasteiger charge is -2.28. The number of likely N-dealkylation sites (tertiary alicyclic amines) is 1. The van der Waals surface area contributed by atoms with Crippen LogP contribution in [0, 0.1) is 0 Å². The molecule has 164 valence electrons. The summed E-state index contributed by atoms with van der Waals surface area (Å²) in [5, 5.41) is 11.1. The van der Waals surface area contributed by atoms with Crippen LogP contribution in [0.5, 0.6) is 5.75 Å². The summed E-state index contributed by atoms with van der Waals surface area (Å²) >= 11 is 3.47. The highest BCUT2D eigenvalue weighted by Crippen LogP contribution is 2.40. The van der Waals surface area contributed by atoms with Crippen LogP contribution in [0.4, 0.5) is 0 Å². The van der Waals surface area contributed by atoms with Gasteiger partial charge < -0.3 is 19.6 Å². The van der Waals surface area contributed by atoms with Crippen LogP contribution in [-0.4, -0.2) is 59.9 Å². The van der Waals surface area contributed by atoms with Gasteiger partial charge in [0, 0.05) is 23.1 Å². The number of aliphatic hydroxyl groups is 1. The third-order valence-electron chi connectivity index (χ3n) is 5.62. The van der Waals surface area contributed by atoms with Crippen LogP contribution in [0.3, 0.4) is 0 Å².